The minimum Gasteiger partial charge on any atom is -0.495 e. The van der Waals surface area contributed by atoms with Crippen molar-refractivity contribution in [2.45, 2.75) is 55.5 Å². The molecule has 6 rings (SSSR count). The Morgan fingerprint density at radius 2 is 1.92 bits per heavy atom. The molecule has 0 bridgehead atoms. The van der Waals surface area contributed by atoms with Gasteiger partial charge in [0.15, 0.2) is 11.5 Å². The molecule has 17 heteroatoms. The molecule has 1 aromatic heterocycles. The van der Waals surface area contributed by atoms with Crippen molar-refractivity contribution in [3.63, 3.8) is 0 Å². The number of anilines is 1. The van der Waals surface area contributed by atoms with Crippen molar-refractivity contribution in [2.24, 2.45) is 10.7 Å². The van der Waals surface area contributed by atoms with Crippen molar-refractivity contribution in [3.8, 4) is 34.3 Å². The van der Waals surface area contributed by atoms with Gasteiger partial charge in [0.1, 0.15) is 29.2 Å². The molecule has 3 aliphatic rings. The Kier molecular flexibility index (Phi) is 8.52. The van der Waals surface area contributed by atoms with Crippen molar-refractivity contribution >= 4 is 23.7 Å². The van der Waals surface area contributed by atoms with Gasteiger partial charge in [-0.1, -0.05) is 6.07 Å². The van der Waals surface area contributed by atoms with Crippen molar-refractivity contribution < 1.29 is 55.6 Å². The number of pyridine rings is 1. The van der Waals surface area contributed by atoms with Crippen LogP contribution in [0.1, 0.15) is 53.4 Å². The second-order valence-electron chi connectivity index (χ2n) is 12.6. The Morgan fingerprint density at radius 1 is 1.18 bits per heavy atom. The predicted molar refractivity (Wildman–Crippen MR) is 168 cm³/mol. The van der Waals surface area contributed by atoms with Gasteiger partial charge in [-0.15, -0.1) is 8.78 Å². The Morgan fingerprint density at radius 3 is 2.56 bits per heavy atom. The van der Waals surface area contributed by atoms with Crippen LogP contribution in [0.2, 0.25) is 0 Å². The van der Waals surface area contributed by atoms with E-state index in [9.17, 15) is 36.6 Å². The molecular formula is C33H32F5N5O7. The lowest BCUT2D eigenvalue weighted by molar-refractivity contribution is -0.286. The smallest absolute Gasteiger partial charge is 0.495 e. The Hall–Kier alpha value is -5.19. The molecule has 2 aliphatic heterocycles. The number of primary amides is 1. The van der Waals surface area contributed by atoms with E-state index in [4.69, 9.17) is 25.7 Å². The summed E-state index contributed by atoms with van der Waals surface area (Å²) in [5.74, 6) is -2.62. The van der Waals surface area contributed by atoms with E-state index in [1.54, 1.807) is 0 Å². The lowest BCUT2D eigenvalue weighted by atomic mass is 9.77. The summed E-state index contributed by atoms with van der Waals surface area (Å²) >= 11 is 0. The van der Waals surface area contributed by atoms with Gasteiger partial charge in [0.05, 0.1) is 48.5 Å². The van der Waals surface area contributed by atoms with Crippen LogP contribution in [0.15, 0.2) is 41.4 Å². The van der Waals surface area contributed by atoms with E-state index >= 15 is 0 Å². The second kappa shape index (κ2) is 12.3. The minimum atomic E-state index is -4.93. The van der Waals surface area contributed by atoms with Crippen LogP contribution in [-0.4, -0.2) is 73.5 Å². The number of fused-ring (bicyclic) bond motifs is 2. The number of ether oxygens (including phenoxy) is 4. The molecule has 0 saturated heterocycles. The van der Waals surface area contributed by atoms with E-state index in [0.29, 0.717) is 5.56 Å². The van der Waals surface area contributed by atoms with Gasteiger partial charge >= 0.3 is 12.5 Å². The summed E-state index contributed by atoms with van der Waals surface area (Å²) in [5.41, 5.74) is 7.50. The highest BCUT2D eigenvalue weighted by molar-refractivity contribution is 5.99. The summed E-state index contributed by atoms with van der Waals surface area (Å²) in [7, 11) is 1.33. The minimum absolute atomic E-state index is 0.0116. The highest BCUT2D eigenvalue weighted by atomic mass is 19.4. The Labute approximate surface area is 281 Å². The molecule has 6 N–H and O–H groups in total. The van der Waals surface area contributed by atoms with Gasteiger partial charge in [-0.3, -0.25) is 14.6 Å². The number of nitrogens with two attached hydrogens (primary N) is 2. The molecular weight excluding hydrogens is 673 g/mol. The van der Waals surface area contributed by atoms with Gasteiger partial charge in [0, 0.05) is 29.4 Å². The van der Waals surface area contributed by atoms with Crippen LogP contribution < -0.4 is 35.7 Å². The van der Waals surface area contributed by atoms with Crippen LogP contribution in [0, 0.1) is 0 Å². The quantitative estimate of drug-likeness (QED) is 0.130. The fraction of sp³-hybridized carbons (Fsp3) is 0.394. The standard InChI is InChI=1S/C33H32F5N5O7/c1-30(29(40)46)15-48-27-20(30)10-23(43-25(27)19-4-3-5-21-26(19)50-33(37,38)49-21)31(14-44,12-32(34,35)36)13-42-28(45)16-8-17(11-41-18-6-7-18)24(39)22(9-16)47-2/h3-5,8-11,18,44H,6-7,12-15,39H2,1-2H3,(H2,40,46)(H,42,45)/t30-,31?/m0/s1. The molecule has 2 atom stereocenters. The highest BCUT2D eigenvalue weighted by Crippen LogP contribution is 2.52. The molecule has 50 heavy (non-hydrogen) atoms. The van der Waals surface area contributed by atoms with Crippen LogP contribution in [0.4, 0.5) is 27.6 Å². The van der Waals surface area contributed by atoms with E-state index in [-0.39, 0.29) is 58.0 Å². The first-order valence-corrected chi connectivity index (χ1v) is 15.3. The maximum Gasteiger partial charge on any atom is 0.586 e. The Bertz CT molecular complexity index is 1900. The maximum absolute atomic E-state index is 14.3. The number of carbonyl (C=O) groups excluding carboxylic acids is 2. The number of aliphatic hydroxyl groups is 1. The van der Waals surface area contributed by atoms with Gasteiger partial charge in [-0.2, -0.15) is 13.2 Å². The van der Waals surface area contributed by atoms with Gasteiger partial charge in [0.25, 0.3) is 5.91 Å². The first kappa shape index (κ1) is 34.7. The van der Waals surface area contributed by atoms with Crippen molar-refractivity contribution in [2.75, 3.05) is 32.6 Å². The number of hydrogen-bond acceptors (Lipinski definition) is 10. The van der Waals surface area contributed by atoms with Crippen LogP contribution in [0.3, 0.4) is 0 Å². The zero-order valence-electron chi connectivity index (χ0n) is 26.7. The van der Waals surface area contributed by atoms with Crippen molar-refractivity contribution in [1.82, 2.24) is 10.3 Å². The van der Waals surface area contributed by atoms with Crippen LogP contribution in [-0.2, 0) is 15.6 Å². The number of nitrogens with zero attached hydrogens (tertiary/aromatic N) is 2. The SMILES string of the molecule is COc1cc(C(=O)NCC(CO)(CC(F)(F)F)c2cc3c(c(-c4cccc5c4OC(F)(F)O5)n2)OC[C@]3(C)C(N)=O)cc(C=NC2CC2)c1N. The normalized spacial score (nSPS) is 20.2. The number of benzene rings is 2. The average Bonchev–Trinajstić information content (AvgIpc) is 3.74. The molecule has 2 amide bonds. The van der Waals surface area contributed by atoms with Gasteiger partial charge in [-0.05, 0) is 50.1 Å². The van der Waals surface area contributed by atoms with E-state index < -0.39 is 66.1 Å². The third-order valence-corrected chi connectivity index (χ3v) is 8.90. The largest absolute Gasteiger partial charge is 0.586 e. The summed E-state index contributed by atoms with van der Waals surface area (Å²) in [6.07, 6.45) is -7.40. The second-order valence-corrected chi connectivity index (χ2v) is 12.6. The molecule has 12 nitrogen and oxygen atoms in total. The lowest BCUT2D eigenvalue weighted by Gasteiger charge is -2.34. The molecule has 3 heterocycles. The molecule has 3 aromatic rings. The number of carbonyl (C=O) groups is 2. The number of aromatic nitrogens is 1. The summed E-state index contributed by atoms with van der Waals surface area (Å²) in [6, 6.07) is 7.77. The summed E-state index contributed by atoms with van der Waals surface area (Å²) < 4.78 is 91.7. The maximum atomic E-state index is 14.3. The molecule has 0 radical (unpaired) electrons. The van der Waals surface area contributed by atoms with Gasteiger partial charge < -0.3 is 40.8 Å². The van der Waals surface area contributed by atoms with Gasteiger partial charge in [0.2, 0.25) is 5.91 Å². The first-order valence-electron chi connectivity index (χ1n) is 15.3. The molecule has 1 fully saturated rings. The number of alkyl halides is 5. The third-order valence-electron chi connectivity index (χ3n) is 8.90. The van der Waals surface area contributed by atoms with Crippen molar-refractivity contribution in [1.29, 1.82) is 0 Å². The fourth-order valence-electron chi connectivity index (χ4n) is 5.83. The number of nitrogens with one attached hydrogen (secondary N) is 1. The Balaban J connectivity index is 1.46. The lowest BCUT2D eigenvalue weighted by Crippen LogP contribution is -2.47. The fourth-order valence-corrected chi connectivity index (χ4v) is 5.83. The number of rotatable bonds is 11. The summed E-state index contributed by atoms with van der Waals surface area (Å²) in [4.78, 5) is 35.0. The number of para-hydroxylation sites is 1. The van der Waals surface area contributed by atoms with Gasteiger partial charge in [-0.25, -0.2) is 4.98 Å². The third kappa shape index (κ3) is 6.44. The average molecular weight is 706 g/mol. The molecule has 266 valence electrons. The molecule has 1 aliphatic carbocycles. The molecule has 1 saturated carbocycles. The first-order chi connectivity index (χ1) is 23.5. The van der Waals surface area contributed by atoms with E-state index in [1.807, 2.05) is 0 Å². The van der Waals surface area contributed by atoms with E-state index in [2.05, 4.69) is 20.0 Å². The van der Waals surface area contributed by atoms with Crippen molar-refractivity contribution in [3.05, 3.63) is 58.8 Å². The molecule has 2 aromatic carbocycles. The zero-order valence-corrected chi connectivity index (χ0v) is 26.7. The predicted octanol–water partition coefficient (Wildman–Crippen LogP) is 3.99. The highest BCUT2D eigenvalue weighted by Gasteiger charge is 2.50. The molecule has 1 unspecified atom stereocenters. The number of methoxy groups -OCH3 is 1. The summed E-state index contributed by atoms with van der Waals surface area (Å²) in [6.45, 7) is -1.00. The number of nitrogen functional groups attached to an aromatic ring is 1. The van der Waals surface area contributed by atoms with E-state index in [0.717, 1.165) is 18.9 Å². The van der Waals surface area contributed by atoms with Crippen LogP contribution >= 0.6 is 0 Å². The topological polar surface area (TPSA) is 181 Å². The number of aliphatic imine (C=N–C) groups is 1. The number of halogens is 5. The van der Waals surface area contributed by atoms with Crippen LogP contribution in [0.5, 0.6) is 23.0 Å². The van der Waals surface area contributed by atoms with Crippen LogP contribution in [0.25, 0.3) is 11.3 Å². The number of amides is 2. The summed E-state index contributed by atoms with van der Waals surface area (Å²) in [5, 5.41) is 13.2. The number of aliphatic hydroxyl groups excluding tert-OH is 1. The number of hydrogen-bond donors (Lipinski definition) is 4. The zero-order chi connectivity index (χ0) is 36.2. The van der Waals surface area contributed by atoms with E-state index in [1.165, 1.54) is 50.6 Å². The monoisotopic (exact) mass is 705 g/mol. The molecule has 0 spiro atoms.